The number of nitrogens with one attached hydrogen (secondary N) is 2. The topological polar surface area (TPSA) is 68.7 Å². The molecule has 4 nitrogen and oxygen atoms in total. The van der Waals surface area contributed by atoms with Crippen LogP contribution in [0.3, 0.4) is 0 Å². The fourth-order valence-corrected chi connectivity index (χ4v) is 2.28. The van der Waals surface area contributed by atoms with E-state index in [1.807, 2.05) is 36.5 Å². The van der Waals surface area contributed by atoms with Crippen LogP contribution in [0.15, 0.2) is 54.7 Å². The third-order valence-corrected chi connectivity index (χ3v) is 3.32. The minimum Gasteiger partial charge on any atom is -0.361 e. The highest BCUT2D eigenvalue weighted by atomic mass is 16.1. The second kappa shape index (κ2) is 5.51. The molecule has 4 heteroatoms. The van der Waals surface area contributed by atoms with Gasteiger partial charge >= 0.3 is 0 Å². The Labute approximate surface area is 122 Å². The Hall–Kier alpha value is -3.06. The third-order valence-electron chi connectivity index (χ3n) is 3.32. The lowest BCUT2D eigenvalue weighted by atomic mass is 10.1. The van der Waals surface area contributed by atoms with Gasteiger partial charge < -0.3 is 10.3 Å². The summed E-state index contributed by atoms with van der Waals surface area (Å²) in [5, 5.41) is 12.6. The molecule has 3 aromatic rings. The van der Waals surface area contributed by atoms with E-state index in [2.05, 4.69) is 10.3 Å². The van der Waals surface area contributed by atoms with E-state index in [1.54, 1.807) is 24.3 Å². The van der Waals surface area contributed by atoms with Crippen molar-refractivity contribution in [3.05, 3.63) is 65.9 Å². The summed E-state index contributed by atoms with van der Waals surface area (Å²) in [6.45, 7) is 0. The summed E-state index contributed by atoms with van der Waals surface area (Å²) in [4.78, 5) is 15.2. The number of nitriles is 1. The highest BCUT2D eigenvalue weighted by Crippen LogP contribution is 2.18. The van der Waals surface area contributed by atoms with Crippen LogP contribution in [0.1, 0.15) is 11.1 Å². The van der Waals surface area contributed by atoms with Gasteiger partial charge in [-0.15, -0.1) is 0 Å². The van der Waals surface area contributed by atoms with Crippen LogP contribution in [0.5, 0.6) is 0 Å². The molecule has 2 N–H and O–H groups in total. The van der Waals surface area contributed by atoms with Crippen molar-refractivity contribution in [1.29, 1.82) is 5.26 Å². The average molecular weight is 275 g/mol. The minimum atomic E-state index is -0.0792. The first-order valence-electron chi connectivity index (χ1n) is 6.61. The molecule has 0 atom stereocenters. The Morgan fingerprint density at radius 2 is 1.90 bits per heavy atom. The monoisotopic (exact) mass is 275 g/mol. The summed E-state index contributed by atoms with van der Waals surface area (Å²) in [6, 6.07) is 16.8. The molecule has 3 rings (SSSR count). The van der Waals surface area contributed by atoms with Crippen LogP contribution in [0.4, 0.5) is 5.69 Å². The number of rotatable bonds is 3. The Morgan fingerprint density at radius 3 is 2.67 bits per heavy atom. The maximum atomic E-state index is 12.1. The van der Waals surface area contributed by atoms with E-state index in [9.17, 15) is 4.79 Å². The molecule has 0 saturated carbocycles. The van der Waals surface area contributed by atoms with Crippen molar-refractivity contribution >= 4 is 22.5 Å². The number of aromatic amines is 1. The van der Waals surface area contributed by atoms with Gasteiger partial charge in [-0.3, -0.25) is 4.79 Å². The first kappa shape index (κ1) is 12.9. The number of hydrogen-bond acceptors (Lipinski definition) is 2. The van der Waals surface area contributed by atoms with Gasteiger partial charge in [0.25, 0.3) is 0 Å². The normalized spacial score (nSPS) is 10.2. The van der Waals surface area contributed by atoms with Gasteiger partial charge in [-0.2, -0.15) is 5.26 Å². The van der Waals surface area contributed by atoms with Gasteiger partial charge in [-0.1, -0.05) is 18.2 Å². The quantitative estimate of drug-likeness (QED) is 0.770. The summed E-state index contributed by atoms with van der Waals surface area (Å²) in [7, 11) is 0. The fraction of sp³-hybridized carbons (Fsp3) is 0.0588. The number of fused-ring (bicyclic) bond motifs is 1. The number of hydrogen-bond donors (Lipinski definition) is 2. The molecule has 0 bridgehead atoms. The van der Waals surface area contributed by atoms with E-state index in [0.717, 1.165) is 16.5 Å². The molecule has 102 valence electrons. The number of nitrogens with zero attached hydrogens (tertiary/aromatic N) is 1. The number of benzene rings is 2. The number of carbonyl (C=O) groups excluding carboxylic acids is 1. The fourth-order valence-electron chi connectivity index (χ4n) is 2.28. The van der Waals surface area contributed by atoms with Gasteiger partial charge in [0.1, 0.15) is 0 Å². The summed E-state index contributed by atoms with van der Waals surface area (Å²) in [5.74, 6) is -0.0792. The predicted octanol–water partition coefficient (Wildman–Crippen LogP) is 3.22. The van der Waals surface area contributed by atoms with Gasteiger partial charge in [-0.25, -0.2) is 0 Å². The molecular formula is C17H13N3O. The van der Waals surface area contributed by atoms with Gasteiger partial charge in [0.2, 0.25) is 5.91 Å². The molecule has 0 saturated heterocycles. The summed E-state index contributed by atoms with van der Waals surface area (Å²) >= 11 is 0. The van der Waals surface area contributed by atoms with E-state index < -0.39 is 0 Å². The van der Waals surface area contributed by atoms with Crippen LogP contribution in [-0.4, -0.2) is 10.9 Å². The van der Waals surface area contributed by atoms with Crippen molar-refractivity contribution < 1.29 is 4.79 Å². The second-order valence-corrected chi connectivity index (χ2v) is 4.77. The molecule has 0 aliphatic heterocycles. The smallest absolute Gasteiger partial charge is 0.228 e. The Kier molecular flexibility index (Phi) is 3.40. The van der Waals surface area contributed by atoms with Crippen LogP contribution >= 0.6 is 0 Å². The van der Waals surface area contributed by atoms with Gasteiger partial charge in [0.15, 0.2) is 0 Å². The molecule has 0 spiro atoms. The van der Waals surface area contributed by atoms with Crippen LogP contribution in [0.2, 0.25) is 0 Å². The zero-order chi connectivity index (χ0) is 14.7. The first-order chi connectivity index (χ1) is 10.3. The molecule has 1 aromatic heterocycles. The van der Waals surface area contributed by atoms with Crippen molar-refractivity contribution in [2.45, 2.75) is 6.42 Å². The van der Waals surface area contributed by atoms with Crippen molar-refractivity contribution in [3.63, 3.8) is 0 Å². The Balaban J connectivity index is 1.73. The minimum absolute atomic E-state index is 0.0792. The summed E-state index contributed by atoms with van der Waals surface area (Å²) in [5.41, 5.74) is 3.26. The van der Waals surface area contributed by atoms with Crippen LogP contribution < -0.4 is 5.32 Å². The molecular weight excluding hydrogens is 262 g/mol. The predicted molar refractivity (Wildman–Crippen MR) is 81.8 cm³/mol. The highest BCUT2D eigenvalue weighted by molar-refractivity contribution is 5.95. The number of H-pyrrole nitrogens is 1. The molecule has 0 aliphatic carbocycles. The number of aromatic nitrogens is 1. The lowest BCUT2D eigenvalue weighted by Crippen LogP contribution is -2.14. The Bertz CT molecular complexity index is 825. The zero-order valence-corrected chi connectivity index (χ0v) is 11.3. The summed E-state index contributed by atoms with van der Waals surface area (Å²) in [6.07, 6.45) is 2.17. The largest absolute Gasteiger partial charge is 0.361 e. The van der Waals surface area contributed by atoms with Gasteiger partial charge in [0, 0.05) is 22.8 Å². The van der Waals surface area contributed by atoms with Crippen LogP contribution in [-0.2, 0) is 11.2 Å². The average Bonchev–Trinajstić information content (AvgIpc) is 2.91. The number of amides is 1. The molecule has 1 heterocycles. The third kappa shape index (κ3) is 2.77. The van der Waals surface area contributed by atoms with E-state index in [4.69, 9.17) is 5.26 Å². The van der Waals surface area contributed by atoms with Gasteiger partial charge in [-0.05, 0) is 35.9 Å². The van der Waals surface area contributed by atoms with Crippen molar-refractivity contribution in [2.24, 2.45) is 0 Å². The Morgan fingerprint density at radius 1 is 1.14 bits per heavy atom. The highest BCUT2D eigenvalue weighted by Gasteiger charge is 2.08. The van der Waals surface area contributed by atoms with Crippen LogP contribution in [0.25, 0.3) is 10.9 Å². The molecule has 0 aliphatic rings. The lowest BCUT2D eigenvalue weighted by molar-refractivity contribution is -0.115. The van der Waals surface area contributed by atoms with E-state index >= 15 is 0 Å². The molecule has 2 aromatic carbocycles. The molecule has 21 heavy (non-hydrogen) atoms. The van der Waals surface area contributed by atoms with Crippen molar-refractivity contribution in [3.8, 4) is 6.07 Å². The number of anilines is 1. The van der Waals surface area contributed by atoms with E-state index in [1.165, 1.54) is 0 Å². The van der Waals surface area contributed by atoms with Crippen molar-refractivity contribution in [1.82, 2.24) is 4.98 Å². The SMILES string of the molecule is N#Cc1ccc(NC(=O)Cc2c[nH]c3ccccc23)cc1. The molecule has 0 radical (unpaired) electrons. The second-order valence-electron chi connectivity index (χ2n) is 4.77. The summed E-state index contributed by atoms with van der Waals surface area (Å²) < 4.78 is 0. The van der Waals surface area contributed by atoms with Crippen molar-refractivity contribution in [2.75, 3.05) is 5.32 Å². The standard InChI is InChI=1S/C17H13N3O/c18-10-12-5-7-14(8-6-12)20-17(21)9-13-11-19-16-4-2-1-3-15(13)16/h1-8,11,19H,9H2,(H,20,21). The zero-order valence-electron chi connectivity index (χ0n) is 11.3. The van der Waals surface area contributed by atoms with E-state index in [0.29, 0.717) is 17.7 Å². The lowest BCUT2D eigenvalue weighted by Gasteiger charge is -2.04. The van der Waals surface area contributed by atoms with Crippen LogP contribution in [0, 0.1) is 11.3 Å². The van der Waals surface area contributed by atoms with E-state index in [-0.39, 0.29) is 5.91 Å². The maximum absolute atomic E-state index is 12.1. The molecule has 1 amide bonds. The first-order valence-corrected chi connectivity index (χ1v) is 6.61. The van der Waals surface area contributed by atoms with Gasteiger partial charge in [0.05, 0.1) is 18.1 Å². The number of para-hydroxylation sites is 1. The number of carbonyl (C=O) groups is 1. The molecule has 0 unspecified atom stereocenters. The molecule has 0 fully saturated rings. The maximum Gasteiger partial charge on any atom is 0.228 e.